The zero-order chi connectivity index (χ0) is 11.2. The van der Waals surface area contributed by atoms with Crippen molar-refractivity contribution in [2.75, 3.05) is 0 Å². The molecule has 0 rings (SSSR count). The van der Waals surface area contributed by atoms with Crippen molar-refractivity contribution in [2.24, 2.45) is 0 Å². The summed E-state index contributed by atoms with van der Waals surface area (Å²) in [6.07, 6.45) is 4.57. The second-order valence-corrected chi connectivity index (χ2v) is 4.27. The normalized spacial score (nSPS) is 14.1. The van der Waals surface area contributed by atoms with E-state index >= 15 is 0 Å². The number of hydrogen-bond donors (Lipinski definition) is 1. The number of carbonyl (C=O) groups is 1. The van der Waals surface area contributed by atoms with E-state index in [9.17, 15) is 4.79 Å². The lowest BCUT2D eigenvalue weighted by Crippen LogP contribution is -2.36. The van der Waals surface area contributed by atoms with E-state index in [0.717, 1.165) is 6.42 Å². The molecule has 82 valence electrons. The van der Waals surface area contributed by atoms with E-state index in [1.54, 1.807) is 0 Å². The molecule has 0 aromatic rings. The molecule has 0 heterocycles. The zero-order valence-electron chi connectivity index (χ0n) is 9.76. The maximum Gasteiger partial charge on any atom is 0.408 e. The van der Waals surface area contributed by atoms with E-state index in [1.807, 2.05) is 39.8 Å². The first-order valence-electron chi connectivity index (χ1n) is 5.01. The number of rotatable bonds is 3. The van der Waals surface area contributed by atoms with E-state index in [0.29, 0.717) is 0 Å². The van der Waals surface area contributed by atoms with Crippen LogP contribution in [0.25, 0.3) is 0 Å². The quantitative estimate of drug-likeness (QED) is 0.710. The summed E-state index contributed by atoms with van der Waals surface area (Å²) in [4.78, 5) is 11.3. The fourth-order valence-corrected chi connectivity index (χ4v) is 0.882. The Balaban J connectivity index is 3.89. The first-order valence-corrected chi connectivity index (χ1v) is 5.01. The van der Waals surface area contributed by atoms with Gasteiger partial charge in [0.25, 0.3) is 0 Å². The number of ether oxygens (including phenoxy) is 1. The molecule has 0 unspecified atom stereocenters. The third-order valence-electron chi connectivity index (χ3n) is 1.40. The summed E-state index contributed by atoms with van der Waals surface area (Å²) in [7, 11) is 0. The minimum absolute atomic E-state index is 0.0183. The molecule has 0 aromatic carbocycles. The van der Waals surface area contributed by atoms with Crippen LogP contribution < -0.4 is 5.32 Å². The summed E-state index contributed by atoms with van der Waals surface area (Å²) >= 11 is 0. The third-order valence-corrected chi connectivity index (χ3v) is 1.40. The van der Waals surface area contributed by atoms with E-state index in [4.69, 9.17) is 4.74 Å². The van der Waals surface area contributed by atoms with Crippen LogP contribution in [0.4, 0.5) is 4.79 Å². The molecule has 14 heavy (non-hydrogen) atoms. The fraction of sp³-hybridized carbons (Fsp3) is 0.727. The van der Waals surface area contributed by atoms with Gasteiger partial charge in [-0.1, -0.05) is 19.1 Å². The molecule has 0 radical (unpaired) electrons. The predicted molar refractivity (Wildman–Crippen MR) is 58.3 cm³/mol. The predicted octanol–water partition coefficient (Wildman–Crippen LogP) is 2.87. The van der Waals surface area contributed by atoms with Gasteiger partial charge < -0.3 is 10.1 Å². The second kappa shape index (κ2) is 5.68. The van der Waals surface area contributed by atoms with Crippen LogP contribution in [0.15, 0.2) is 12.2 Å². The third kappa shape index (κ3) is 7.65. The van der Waals surface area contributed by atoms with Crippen molar-refractivity contribution in [3.8, 4) is 0 Å². The van der Waals surface area contributed by atoms with Gasteiger partial charge in [-0.05, 0) is 34.1 Å². The molecule has 0 spiro atoms. The Morgan fingerprint density at radius 2 is 2.07 bits per heavy atom. The molecule has 0 bridgehead atoms. The number of nitrogens with one attached hydrogen (secondary N) is 1. The maximum absolute atomic E-state index is 11.3. The topological polar surface area (TPSA) is 38.3 Å². The number of alkyl carbamates (subject to hydrolysis) is 1. The lowest BCUT2D eigenvalue weighted by Gasteiger charge is -2.20. The van der Waals surface area contributed by atoms with Crippen molar-refractivity contribution < 1.29 is 9.53 Å². The van der Waals surface area contributed by atoms with Gasteiger partial charge in [0.15, 0.2) is 0 Å². The Labute approximate surface area is 86.5 Å². The molecule has 1 atom stereocenters. The number of amides is 1. The van der Waals surface area contributed by atoms with Crippen LogP contribution in [0.3, 0.4) is 0 Å². The standard InChI is InChI=1S/C11H21NO2/c1-6-7-8-9(2)12-10(13)14-11(3,4)5/h7-9H,6H2,1-5H3,(H,12,13)/b8-7+/t9-/m1/s1. The molecule has 0 aliphatic rings. The molecule has 0 aromatic heterocycles. The summed E-state index contributed by atoms with van der Waals surface area (Å²) in [5.74, 6) is 0. The van der Waals surface area contributed by atoms with E-state index in [2.05, 4.69) is 12.2 Å². The van der Waals surface area contributed by atoms with Crippen LogP contribution in [0.2, 0.25) is 0 Å². The van der Waals surface area contributed by atoms with Gasteiger partial charge in [-0.25, -0.2) is 4.79 Å². The lowest BCUT2D eigenvalue weighted by molar-refractivity contribution is 0.0518. The molecular formula is C11H21NO2. The molecule has 3 nitrogen and oxygen atoms in total. The second-order valence-electron chi connectivity index (χ2n) is 4.27. The molecule has 0 saturated heterocycles. The van der Waals surface area contributed by atoms with Crippen LogP contribution in [0.5, 0.6) is 0 Å². The largest absolute Gasteiger partial charge is 0.444 e. The van der Waals surface area contributed by atoms with Crippen LogP contribution >= 0.6 is 0 Å². The number of carbonyl (C=O) groups excluding carboxylic acids is 1. The molecule has 0 saturated carbocycles. The Hall–Kier alpha value is -0.990. The monoisotopic (exact) mass is 199 g/mol. The summed E-state index contributed by atoms with van der Waals surface area (Å²) in [6.45, 7) is 9.50. The molecule has 1 amide bonds. The van der Waals surface area contributed by atoms with E-state index in [1.165, 1.54) is 0 Å². The average molecular weight is 199 g/mol. The van der Waals surface area contributed by atoms with Gasteiger partial charge in [0, 0.05) is 6.04 Å². The molecule has 0 fully saturated rings. The van der Waals surface area contributed by atoms with Crippen molar-refractivity contribution in [3.05, 3.63) is 12.2 Å². The highest BCUT2D eigenvalue weighted by Crippen LogP contribution is 2.06. The van der Waals surface area contributed by atoms with Crippen LogP contribution in [0, 0.1) is 0 Å². The minimum Gasteiger partial charge on any atom is -0.444 e. The van der Waals surface area contributed by atoms with Gasteiger partial charge in [-0.15, -0.1) is 0 Å². The average Bonchev–Trinajstić information content (AvgIpc) is 1.96. The van der Waals surface area contributed by atoms with Crippen molar-refractivity contribution in [2.45, 2.75) is 52.7 Å². The lowest BCUT2D eigenvalue weighted by atomic mass is 10.2. The summed E-state index contributed by atoms with van der Waals surface area (Å²) in [6, 6.07) is 0.0183. The maximum atomic E-state index is 11.3. The first kappa shape index (κ1) is 13.0. The number of hydrogen-bond acceptors (Lipinski definition) is 2. The van der Waals surface area contributed by atoms with Crippen LogP contribution in [-0.2, 0) is 4.74 Å². The van der Waals surface area contributed by atoms with Gasteiger partial charge >= 0.3 is 6.09 Å². The van der Waals surface area contributed by atoms with Gasteiger partial charge in [-0.3, -0.25) is 0 Å². The highest BCUT2D eigenvalue weighted by Gasteiger charge is 2.16. The molecular weight excluding hydrogens is 178 g/mol. The molecule has 3 heteroatoms. The zero-order valence-corrected chi connectivity index (χ0v) is 9.76. The highest BCUT2D eigenvalue weighted by molar-refractivity contribution is 5.68. The van der Waals surface area contributed by atoms with Crippen molar-refractivity contribution >= 4 is 6.09 Å². The van der Waals surface area contributed by atoms with Crippen molar-refractivity contribution in [1.29, 1.82) is 0 Å². The Morgan fingerprint density at radius 3 is 2.50 bits per heavy atom. The first-order chi connectivity index (χ1) is 6.35. The van der Waals surface area contributed by atoms with Gasteiger partial charge in [0.2, 0.25) is 0 Å². The van der Waals surface area contributed by atoms with Crippen molar-refractivity contribution in [1.82, 2.24) is 5.32 Å². The van der Waals surface area contributed by atoms with E-state index in [-0.39, 0.29) is 12.1 Å². The molecule has 0 aliphatic heterocycles. The van der Waals surface area contributed by atoms with Crippen molar-refractivity contribution in [3.63, 3.8) is 0 Å². The highest BCUT2D eigenvalue weighted by atomic mass is 16.6. The minimum atomic E-state index is -0.432. The summed E-state index contributed by atoms with van der Waals surface area (Å²) < 4.78 is 5.10. The van der Waals surface area contributed by atoms with Gasteiger partial charge in [0.1, 0.15) is 5.60 Å². The van der Waals surface area contributed by atoms with Gasteiger partial charge in [0.05, 0.1) is 0 Å². The van der Waals surface area contributed by atoms with Gasteiger partial charge in [-0.2, -0.15) is 0 Å². The summed E-state index contributed by atoms with van der Waals surface area (Å²) in [5.41, 5.74) is -0.432. The summed E-state index contributed by atoms with van der Waals surface area (Å²) in [5, 5.41) is 2.72. The molecule has 1 N–H and O–H groups in total. The van der Waals surface area contributed by atoms with E-state index < -0.39 is 5.60 Å². The fourth-order valence-electron chi connectivity index (χ4n) is 0.882. The Kier molecular flexibility index (Phi) is 5.28. The van der Waals surface area contributed by atoms with Crippen LogP contribution in [0.1, 0.15) is 41.0 Å². The Morgan fingerprint density at radius 1 is 1.50 bits per heavy atom. The smallest absolute Gasteiger partial charge is 0.408 e. The Bertz CT molecular complexity index is 204. The van der Waals surface area contributed by atoms with Crippen LogP contribution in [-0.4, -0.2) is 17.7 Å². The number of allylic oxidation sites excluding steroid dienone is 1. The SMILES string of the molecule is CC/C=C/[C@@H](C)NC(=O)OC(C)(C)C. The molecule has 0 aliphatic carbocycles.